The molecule has 0 aliphatic carbocycles. The zero-order chi connectivity index (χ0) is 16.5. The summed E-state index contributed by atoms with van der Waals surface area (Å²) in [6.45, 7) is 1.95. The van der Waals surface area contributed by atoms with Gasteiger partial charge in [0.1, 0.15) is 11.0 Å². The lowest BCUT2D eigenvalue weighted by Crippen LogP contribution is -1.96. The van der Waals surface area contributed by atoms with Crippen LogP contribution in [0.25, 0.3) is 17.0 Å². The molecule has 0 spiro atoms. The van der Waals surface area contributed by atoms with Crippen molar-refractivity contribution in [2.75, 3.05) is 0 Å². The molecule has 0 fully saturated rings. The first-order valence-corrected chi connectivity index (χ1v) is 8.24. The predicted molar refractivity (Wildman–Crippen MR) is 97.4 cm³/mol. The number of nitrogens with zero attached hydrogens (tertiary/aromatic N) is 3. The molecule has 24 heavy (non-hydrogen) atoms. The average Bonchev–Trinajstić information content (AvgIpc) is 2.95. The van der Waals surface area contributed by atoms with Crippen molar-refractivity contribution in [1.82, 2.24) is 14.4 Å². The molecule has 0 amide bonds. The van der Waals surface area contributed by atoms with Gasteiger partial charge in [0, 0.05) is 17.7 Å². The van der Waals surface area contributed by atoms with Gasteiger partial charge in [-0.25, -0.2) is 9.97 Å². The Labute approximate surface area is 145 Å². The maximum atomic E-state index is 6.52. The Morgan fingerprint density at radius 1 is 0.917 bits per heavy atom. The standard InChI is InChI=1S/C20H16ClN3/c1-14-12-18(21)24-19(16-10-6-3-7-11-16)23-17(20(24)22-14)13-15-8-4-2-5-9-15/h2-12H,13H2,1H3. The summed E-state index contributed by atoms with van der Waals surface area (Å²) in [6.07, 6.45) is 0.726. The Morgan fingerprint density at radius 2 is 1.58 bits per heavy atom. The van der Waals surface area contributed by atoms with Crippen molar-refractivity contribution in [3.63, 3.8) is 0 Å². The lowest BCUT2D eigenvalue weighted by atomic mass is 10.1. The highest BCUT2D eigenvalue weighted by molar-refractivity contribution is 6.30. The van der Waals surface area contributed by atoms with Gasteiger partial charge >= 0.3 is 0 Å². The zero-order valence-electron chi connectivity index (χ0n) is 13.3. The molecule has 4 heteroatoms. The fourth-order valence-corrected chi connectivity index (χ4v) is 3.22. The number of imidazole rings is 1. The van der Waals surface area contributed by atoms with Crippen molar-refractivity contribution >= 4 is 17.2 Å². The lowest BCUT2D eigenvalue weighted by Gasteiger charge is -2.04. The van der Waals surface area contributed by atoms with E-state index in [0.29, 0.717) is 5.15 Å². The molecule has 2 aromatic heterocycles. The Kier molecular flexibility index (Phi) is 3.79. The number of aryl methyl sites for hydroxylation is 1. The molecule has 0 aliphatic rings. The van der Waals surface area contributed by atoms with E-state index in [0.717, 1.165) is 34.8 Å². The van der Waals surface area contributed by atoms with Crippen LogP contribution in [0.3, 0.4) is 0 Å². The summed E-state index contributed by atoms with van der Waals surface area (Å²) in [5.74, 6) is 0.828. The molecule has 4 aromatic rings. The SMILES string of the molecule is Cc1cc(Cl)n2c(-c3ccccc3)nc(Cc3ccccc3)c2n1. The van der Waals surface area contributed by atoms with Gasteiger partial charge in [0.15, 0.2) is 5.65 Å². The van der Waals surface area contributed by atoms with Gasteiger partial charge in [-0.3, -0.25) is 4.40 Å². The third-order valence-electron chi connectivity index (χ3n) is 3.99. The Hall–Kier alpha value is -2.65. The summed E-state index contributed by atoms with van der Waals surface area (Å²) in [5, 5.41) is 0.628. The van der Waals surface area contributed by atoms with E-state index in [1.54, 1.807) is 0 Å². The lowest BCUT2D eigenvalue weighted by molar-refractivity contribution is 1.08. The summed E-state index contributed by atoms with van der Waals surface area (Å²) in [4.78, 5) is 9.57. The molecule has 2 heterocycles. The van der Waals surface area contributed by atoms with Crippen LogP contribution in [0.4, 0.5) is 0 Å². The number of rotatable bonds is 3. The second kappa shape index (κ2) is 6.10. The summed E-state index contributed by atoms with van der Waals surface area (Å²) < 4.78 is 1.93. The molecule has 0 bridgehead atoms. The number of hydrogen-bond acceptors (Lipinski definition) is 2. The monoisotopic (exact) mass is 333 g/mol. The molecule has 0 radical (unpaired) electrons. The van der Waals surface area contributed by atoms with E-state index in [2.05, 4.69) is 12.1 Å². The van der Waals surface area contributed by atoms with Crippen LogP contribution in [0.1, 0.15) is 17.0 Å². The van der Waals surface area contributed by atoms with Gasteiger partial charge in [0.2, 0.25) is 0 Å². The van der Waals surface area contributed by atoms with E-state index in [1.807, 2.05) is 65.9 Å². The first-order chi connectivity index (χ1) is 11.7. The molecule has 0 atom stereocenters. The van der Waals surface area contributed by atoms with Crippen LogP contribution in [0.15, 0.2) is 66.7 Å². The maximum Gasteiger partial charge on any atom is 0.161 e. The van der Waals surface area contributed by atoms with E-state index in [1.165, 1.54) is 5.56 Å². The molecule has 0 unspecified atom stereocenters. The van der Waals surface area contributed by atoms with E-state index in [9.17, 15) is 0 Å². The van der Waals surface area contributed by atoms with Crippen LogP contribution in [-0.4, -0.2) is 14.4 Å². The average molecular weight is 334 g/mol. The largest absolute Gasteiger partial charge is 0.266 e. The minimum Gasteiger partial charge on any atom is -0.266 e. The highest BCUT2D eigenvalue weighted by Gasteiger charge is 2.17. The van der Waals surface area contributed by atoms with Crippen molar-refractivity contribution in [3.8, 4) is 11.4 Å². The van der Waals surface area contributed by atoms with Crippen LogP contribution >= 0.6 is 11.6 Å². The smallest absolute Gasteiger partial charge is 0.161 e. The number of benzene rings is 2. The fourth-order valence-electron chi connectivity index (χ4n) is 2.90. The number of aromatic nitrogens is 3. The highest BCUT2D eigenvalue weighted by atomic mass is 35.5. The van der Waals surface area contributed by atoms with E-state index < -0.39 is 0 Å². The van der Waals surface area contributed by atoms with Crippen LogP contribution < -0.4 is 0 Å². The van der Waals surface area contributed by atoms with Gasteiger partial charge in [0.05, 0.1) is 5.69 Å². The minimum atomic E-state index is 0.628. The van der Waals surface area contributed by atoms with Crippen molar-refractivity contribution in [2.45, 2.75) is 13.3 Å². The van der Waals surface area contributed by atoms with Gasteiger partial charge in [-0.2, -0.15) is 0 Å². The third kappa shape index (κ3) is 2.68. The first kappa shape index (κ1) is 14.9. The normalized spacial score (nSPS) is 11.1. The molecule has 2 aromatic carbocycles. The van der Waals surface area contributed by atoms with Gasteiger partial charge in [-0.05, 0) is 18.6 Å². The van der Waals surface area contributed by atoms with Gasteiger partial charge in [0.25, 0.3) is 0 Å². The fraction of sp³-hybridized carbons (Fsp3) is 0.100. The van der Waals surface area contributed by atoms with E-state index >= 15 is 0 Å². The molecule has 0 saturated heterocycles. The van der Waals surface area contributed by atoms with Crippen molar-refractivity contribution in [2.24, 2.45) is 0 Å². The van der Waals surface area contributed by atoms with E-state index in [-0.39, 0.29) is 0 Å². The van der Waals surface area contributed by atoms with Crippen LogP contribution in [0.5, 0.6) is 0 Å². The summed E-state index contributed by atoms with van der Waals surface area (Å²) >= 11 is 6.52. The van der Waals surface area contributed by atoms with Gasteiger partial charge < -0.3 is 0 Å². The third-order valence-corrected chi connectivity index (χ3v) is 4.27. The van der Waals surface area contributed by atoms with Gasteiger partial charge in [-0.1, -0.05) is 72.3 Å². The van der Waals surface area contributed by atoms with Gasteiger partial charge in [-0.15, -0.1) is 0 Å². The number of fused-ring (bicyclic) bond motifs is 1. The second-order valence-electron chi connectivity index (χ2n) is 5.79. The molecule has 0 aliphatic heterocycles. The quantitative estimate of drug-likeness (QED) is 0.497. The Morgan fingerprint density at radius 3 is 2.29 bits per heavy atom. The highest BCUT2D eigenvalue weighted by Crippen LogP contribution is 2.27. The molecule has 4 rings (SSSR count). The number of hydrogen-bond donors (Lipinski definition) is 0. The maximum absolute atomic E-state index is 6.52. The predicted octanol–water partition coefficient (Wildman–Crippen LogP) is 4.95. The summed E-state index contributed by atoms with van der Waals surface area (Å²) in [7, 11) is 0. The molecule has 118 valence electrons. The number of halogens is 1. The molecule has 0 saturated carbocycles. The summed E-state index contributed by atoms with van der Waals surface area (Å²) in [6, 6.07) is 22.2. The van der Waals surface area contributed by atoms with Crippen LogP contribution in [0, 0.1) is 6.92 Å². The Balaban J connectivity index is 1.94. The molecule has 3 nitrogen and oxygen atoms in total. The Bertz CT molecular complexity index is 992. The molecular weight excluding hydrogens is 318 g/mol. The van der Waals surface area contributed by atoms with Crippen molar-refractivity contribution in [1.29, 1.82) is 0 Å². The van der Waals surface area contributed by atoms with Crippen LogP contribution in [-0.2, 0) is 6.42 Å². The first-order valence-electron chi connectivity index (χ1n) is 7.86. The zero-order valence-corrected chi connectivity index (χ0v) is 14.0. The minimum absolute atomic E-state index is 0.628. The van der Waals surface area contributed by atoms with Crippen molar-refractivity contribution in [3.05, 3.63) is 88.8 Å². The van der Waals surface area contributed by atoms with Crippen LogP contribution in [0.2, 0.25) is 5.15 Å². The van der Waals surface area contributed by atoms with E-state index in [4.69, 9.17) is 21.6 Å². The second-order valence-corrected chi connectivity index (χ2v) is 6.18. The topological polar surface area (TPSA) is 30.2 Å². The molecular formula is C20H16ClN3. The summed E-state index contributed by atoms with van der Waals surface area (Å²) in [5.41, 5.74) is 4.88. The molecule has 0 N–H and O–H groups in total. The van der Waals surface area contributed by atoms with Crippen molar-refractivity contribution < 1.29 is 0 Å².